The van der Waals surface area contributed by atoms with Gasteiger partial charge in [0.1, 0.15) is 5.82 Å². The Morgan fingerprint density at radius 2 is 1.81 bits per heavy atom. The van der Waals surface area contributed by atoms with Gasteiger partial charge in [0, 0.05) is 29.2 Å². The van der Waals surface area contributed by atoms with E-state index in [1.54, 1.807) is 18.2 Å². The molecule has 1 aliphatic rings. The van der Waals surface area contributed by atoms with Gasteiger partial charge in [0.05, 0.1) is 11.3 Å². The number of nitrogens with one attached hydrogen (secondary N) is 1. The van der Waals surface area contributed by atoms with Crippen LogP contribution in [0.4, 0.5) is 10.1 Å². The molecule has 0 aliphatic carbocycles. The second-order valence-electron chi connectivity index (χ2n) is 6.25. The number of hydrogen-bond acceptors (Lipinski definition) is 3. The largest absolute Gasteiger partial charge is 0.371 e. The van der Waals surface area contributed by atoms with Gasteiger partial charge in [-0.2, -0.15) is 0 Å². The number of nitrogens with two attached hydrogens (primary N) is 1. The Balaban J connectivity index is 1.68. The van der Waals surface area contributed by atoms with Gasteiger partial charge in [0.15, 0.2) is 0 Å². The SMILES string of the molecule is NC(=O)c1c(F)cc(Br)cc1N1CCC(NC(=O)c2ccccc2)CC1. The minimum Gasteiger partial charge on any atom is -0.371 e. The minimum atomic E-state index is -0.787. The first kappa shape index (κ1) is 18.4. The second-order valence-corrected chi connectivity index (χ2v) is 7.16. The van der Waals surface area contributed by atoms with Gasteiger partial charge in [-0.05, 0) is 37.1 Å². The normalized spacial score (nSPS) is 14.9. The van der Waals surface area contributed by atoms with Crippen LogP contribution in [-0.4, -0.2) is 30.9 Å². The molecular weight excluding hydrogens is 401 g/mol. The molecule has 3 rings (SSSR count). The Labute approximate surface area is 159 Å². The van der Waals surface area contributed by atoms with E-state index in [9.17, 15) is 14.0 Å². The van der Waals surface area contributed by atoms with Crippen molar-refractivity contribution in [2.45, 2.75) is 18.9 Å². The number of benzene rings is 2. The second kappa shape index (κ2) is 7.86. The average Bonchev–Trinajstić information content (AvgIpc) is 2.62. The van der Waals surface area contributed by atoms with E-state index < -0.39 is 11.7 Å². The predicted molar refractivity (Wildman–Crippen MR) is 102 cm³/mol. The van der Waals surface area contributed by atoms with Gasteiger partial charge >= 0.3 is 0 Å². The lowest BCUT2D eigenvalue weighted by atomic mass is 10.0. The van der Waals surface area contributed by atoms with E-state index in [0.717, 1.165) is 0 Å². The number of amides is 2. The first-order valence-electron chi connectivity index (χ1n) is 8.35. The molecule has 1 fully saturated rings. The van der Waals surface area contributed by atoms with Gasteiger partial charge in [-0.25, -0.2) is 4.39 Å². The topological polar surface area (TPSA) is 75.4 Å². The maximum Gasteiger partial charge on any atom is 0.253 e. The van der Waals surface area contributed by atoms with Crippen LogP contribution < -0.4 is 16.0 Å². The summed E-state index contributed by atoms with van der Waals surface area (Å²) in [5.41, 5.74) is 6.36. The van der Waals surface area contributed by atoms with Gasteiger partial charge in [-0.15, -0.1) is 0 Å². The van der Waals surface area contributed by atoms with Crippen LogP contribution in [0.15, 0.2) is 46.9 Å². The van der Waals surface area contributed by atoms with Crippen molar-refractivity contribution in [3.8, 4) is 0 Å². The van der Waals surface area contributed by atoms with Crippen molar-refractivity contribution in [2.24, 2.45) is 5.73 Å². The average molecular weight is 420 g/mol. The van der Waals surface area contributed by atoms with Gasteiger partial charge in [0.2, 0.25) is 0 Å². The molecule has 2 aromatic carbocycles. The molecule has 136 valence electrons. The molecule has 0 bridgehead atoms. The summed E-state index contributed by atoms with van der Waals surface area (Å²) >= 11 is 3.26. The fourth-order valence-electron chi connectivity index (χ4n) is 3.18. The molecule has 7 heteroatoms. The predicted octanol–water partition coefficient (Wildman–Crippen LogP) is 3.09. The molecule has 0 unspecified atom stereocenters. The van der Waals surface area contributed by atoms with Gasteiger partial charge in [0.25, 0.3) is 11.8 Å². The summed E-state index contributed by atoms with van der Waals surface area (Å²) in [7, 11) is 0. The number of carbonyl (C=O) groups is 2. The maximum absolute atomic E-state index is 14.1. The fourth-order valence-corrected chi connectivity index (χ4v) is 3.59. The molecule has 2 aromatic rings. The van der Waals surface area contributed by atoms with E-state index in [2.05, 4.69) is 21.2 Å². The minimum absolute atomic E-state index is 0.0352. The number of nitrogens with zero attached hydrogens (tertiary/aromatic N) is 1. The zero-order chi connectivity index (χ0) is 18.7. The number of hydrogen-bond donors (Lipinski definition) is 2. The molecule has 1 saturated heterocycles. The Bertz CT molecular complexity index is 821. The number of primary amides is 1. The van der Waals surface area contributed by atoms with Crippen LogP contribution in [0.25, 0.3) is 0 Å². The highest BCUT2D eigenvalue weighted by atomic mass is 79.9. The fraction of sp³-hybridized carbons (Fsp3) is 0.263. The highest BCUT2D eigenvalue weighted by Crippen LogP contribution is 2.30. The lowest BCUT2D eigenvalue weighted by Crippen LogP contribution is -2.45. The molecule has 2 amide bonds. The first-order chi connectivity index (χ1) is 12.5. The molecule has 3 N–H and O–H groups in total. The summed E-state index contributed by atoms with van der Waals surface area (Å²) in [5.74, 6) is -1.53. The molecule has 1 aliphatic heterocycles. The van der Waals surface area contributed by atoms with Crippen molar-refractivity contribution in [1.29, 1.82) is 0 Å². The number of piperidine rings is 1. The lowest BCUT2D eigenvalue weighted by molar-refractivity contribution is 0.0930. The van der Waals surface area contributed by atoms with E-state index >= 15 is 0 Å². The van der Waals surface area contributed by atoms with Gasteiger partial charge in [-0.3, -0.25) is 9.59 Å². The van der Waals surface area contributed by atoms with Gasteiger partial charge < -0.3 is 16.0 Å². The quantitative estimate of drug-likeness (QED) is 0.799. The third-order valence-corrected chi connectivity index (χ3v) is 4.95. The van der Waals surface area contributed by atoms with E-state index in [4.69, 9.17) is 5.73 Å². The molecule has 5 nitrogen and oxygen atoms in total. The summed E-state index contributed by atoms with van der Waals surface area (Å²) in [4.78, 5) is 25.8. The summed E-state index contributed by atoms with van der Waals surface area (Å²) in [6.07, 6.45) is 1.40. The molecule has 0 atom stereocenters. The Kier molecular flexibility index (Phi) is 5.56. The van der Waals surface area contributed by atoms with Crippen LogP contribution in [0.1, 0.15) is 33.6 Å². The van der Waals surface area contributed by atoms with Crippen molar-refractivity contribution in [3.05, 3.63) is 63.9 Å². The van der Waals surface area contributed by atoms with Crippen LogP contribution in [-0.2, 0) is 0 Å². The summed E-state index contributed by atoms with van der Waals surface area (Å²) in [6, 6.07) is 12.0. The zero-order valence-corrected chi connectivity index (χ0v) is 15.6. The smallest absolute Gasteiger partial charge is 0.253 e. The Morgan fingerprint density at radius 3 is 2.42 bits per heavy atom. The van der Waals surface area contributed by atoms with E-state index in [0.29, 0.717) is 41.7 Å². The first-order valence-corrected chi connectivity index (χ1v) is 9.14. The molecule has 0 aromatic heterocycles. The Hall–Kier alpha value is -2.41. The Morgan fingerprint density at radius 1 is 1.15 bits per heavy atom. The van der Waals surface area contributed by atoms with E-state index in [1.807, 2.05) is 23.1 Å². The maximum atomic E-state index is 14.1. The third-order valence-electron chi connectivity index (χ3n) is 4.49. The van der Waals surface area contributed by atoms with Gasteiger partial charge in [-0.1, -0.05) is 34.1 Å². The molecule has 1 heterocycles. The number of carbonyl (C=O) groups excluding carboxylic acids is 2. The van der Waals surface area contributed by atoms with Crippen LogP contribution in [0, 0.1) is 5.82 Å². The summed E-state index contributed by atoms with van der Waals surface area (Å²) in [5, 5.41) is 3.03. The standard InChI is InChI=1S/C19H19BrFN3O2/c20-13-10-15(21)17(18(22)25)16(11-13)24-8-6-14(7-9-24)23-19(26)12-4-2-1-3-5-12/h1-5,10-11,14H,6-9H2,(H2,22,25)(H,23,26). The third kappa shape index (κ3) is 4.04. The van der Waals surface area contributed by atoms with Crippen LogP contribution in [0.3, 0.4) is 0 Å². The van der Waals surface area contributed by atoms with Crippen LogP contribution >= 0.6 is 15.9 Å². The molecule has 0 spiro atoms. The number of rotatable bonds is 4. The number of anilines is 1. The van der Waals surface area contributed by atoms with Crippen molar-refractivity contribution in [2.75, 3.05) is 18.0 Å². The molecule has 0 radical (unpaired) electrons. The van der Waals surface area contributed by atoms with E-state index in [-0.39, 0.29) is 17.5 Å². The van der Waals surface area contributed by atoms with Crippen LogP contribution in [0.5, 0.6) is 0 Å². The van der Waals surface area contributed by atoms with Crippen LogP contribution in [0.2, 0.25) is 0 Å². The molecular formula is C19H19BrFN3O2. The lowest BCUT2D eigenvalue weighted by Gasteiger charge is -2.35. The molecule has 26 heavy (non-hydrogen) atoms. The monoisotopic (exact) mass is 419 g/mol. The summed E-state index contributed by atoms with van der Waals surface area (Å²) in [6.45, 7) is 1.19. The van der Waals surface area contributed by atoms with Crippen molar-refractivity contribution < 1.29 is 14.0 Å². The van der Waals surface area contributed by atoms with Crippen molar-refractivity contribution in [3.63, 3.8) is 0 Å². The highest BCUT2D eigenvalue weighted by Gasteiger charge is 2.25. The highest BCUT2D eigenvalue weighted by molar-refractivity contribution is 9.10. The molecule has 0 saturated carbocycles. The zero-order valence-electron chi connectivity index (χ0n) is 14.0. The van der Waals surface area contributed by atoms with Crippen molar-refractivity contribution in [1.82, 2.24) is 5.32 Å². The van der Waals surface area contributed by atoms with Crippen molar-refractivity contribution >= 4 is 33.4 Å². The van der Waals surface area contributed by atoms with E-state index in [1.165, 1.54) is 6.07 Å². The summed E-state index contributed by atoms with van der Waals surface area (Å²) < 4.78 is 14.7. The number of halogens is 2.